The molecule has 2 aromatic carbocycles. The lowest BCUT2D eigenvalue weighted by atomic mass is 10.1. The van der Waals surface area contributed by atoms with Gasteiger partial charge in [-0.05, 0) is 49.7 Å². The van der Waals surface area contributed by atoms with Gasteiger partial charge in [0.1, 0.15) is 0 Å². The standard InChI is InChI=1S/C22H23N3O3/c1-3-28-21-13-16(8-11-20(21)26)19-14-18(23-24(19)2)15-6-9-17(10-7-15)25-12-4-5-22(25)27/h6-11,13-14,26H,3-5,12H2,1-2H3. The van der Waals surface area contributed by atoms with E-state index >= 15 is 0 Å². The lowest BCUT2D eigenvalue weighted by Gasteiger charge is -2.15. The molecule has 0 saturated carbocycles. The van der Waals surface area contributed by atoms with Crippen LogP contribution in [0.5, 0.6) is 11.5 Å². The van der Waals surface area contributed by atoms with Crippen molar-refractivity contribution in [2.24, 2.45) is 7.05 Å². The molecular formula is C22H23N3O3. The molecule has 6 heteroatoms. The summed E-state index contributed by atoms with van der Waals surface area (Å²) >= 11 is 0. The number of nitrogens with zero attached hydrogens (tertiary/aromatic N) is 3. The van der Waals surface area contributed by atoms with Crippen LogP contribution in [-0.2, 0) is 11.8 Å². The maximum Gasteiger partial charge on any atom is 0.227 e. The zero-order valence-corrected chi connectivity index (χ0v) is 16.1. The molecule has 1 fully saturated rings. The Kier molecular flexibility index (Phi) is 4.77. The number of hydrogen-bond donors (Lipinski definition) is 1. The first-order chi connectivity index (χ1) is 13.6. The highest BCUT2D eigenvalue weighted by molar-refractivity contribution is 5.95. The van der Waals surface area contributed by atoms with Gasteiger partial charge in [0.05, 0.1) is 18.0 Å². The molecule has 0 atom stereocenters. The number of benzene rings is 2. The first-order valence-corrected chi connectivity index (χ1v) is 9.48. The Morgan fingerprint density at radius 2 is 1.86 bits per heavy atom. The van der Waals surface area contributed by atoms with Crippen molar-refractivity contribution in [3.05, 3.63) is 48.5 Å². The van der Waals surface area contributed by atoms with Crippen molar-refractivity contribution >= 4 is 11.6 Å². The molecule has 1 aromatic heterocycles. The summed E-state index contributed by atoms with van der Waals surface area (Å²) in [7, 11) is 1.89. The van der Waals surface area contributed by atoms with E-state index in [1.165, 1.54) is 0 Å². The first kappa shape index (κ1) is 18.1. The van der Waals surface area contributed by atoms with E-state index in [2.05, 4.69) is 5.10 Å². The third-order valence-electron chi connectivity index (χ3n) is 4.98. The van der Waals surface area contributed by atoms with Gasteiger partial charge in [0.2, 0.25) is 5.91 Å². The van der Waals surface area contributed by atoms with Crippen LogP contribution in [0.2, 0.25) is 0 Å². The number of hydrogen-bond acceptors (Lipinski definition) is 4. The Balaban J connectivity index is 1.63. The summed E-state index contributed by atoms with van der Waals surface area (Å²) in [5.74, 6) is 0.771. The quantitative estimate of drug-likeness (QED) is 0.730. The fourth-order valence-corrected chi connectivity index (χ4v) is 3.56. The van der Waals surface area contributed by atoms with Crippen LogP contribution in [0.4, 0.5) is 5.69 Å². The largest absolute Gasteiger partial charge is 0.504 e. The van der Waals surface area contributed by atoms with Crippen LogP contribution in [0, 0.1) is 0 Å². The summed E-state index contributed by atoms with van der Waals surface area (Å²) in [5.41, 5.74) is 4.61. The Hall–Kier alpha value is -3.28. The minimum absolute atomic E-state index is 0.125. The molecule has 2 heterocycles. The van der Waals surface area contributed by atoms with E-state index < -0.39 is 0 Å². The summed E-state index contributed by atoms with van der Waals surface area (Å²) in [6.45, 7) is 3.15. The van der Waals surface area contributed by atoms with Gasteiger partial charge in [0.15, 0.2) is 11.5 Å². The van der Waals surface area contributed by atoms with Crippen molar-refractivity contribution in [2.45, 2.75) is 19.8 Å². The highest BCUT2D eigenvalue weighted by Crippen LogP contribution is 2.33. The number of aryl methyl sites for hydroxylation is 1. The number of aromatic nitrogens is 2. The topological polar surface area (TPSA) is 67.6 Å². The normalized spacial score (nSPS) is 13.9. The number of amides is 1. The Morgan fingerprint density at radius 1 is 1.11 bits per heavy atom. The maximum absolute atomic E-state index is 11.9. The van der Waals surface area contributed by atoms with Crippen molar-refractivity contribution in [3.63, 3.8) is 0 Å². The number of carbonyl (C=O) groups excluding carboxylic acids is 1. The summed E-state index contributed by atoms with van der Waals surface area (Å²) in [6, 6.07) is 15.3. The van der Waals surface area contributed by atoms with Crippen LogP contribution in [0.1, 0.15) is 19.8 Å². The van der Waals surface area contributed by atoms with Crippen molar-refractivity contribution in [2.75, 3.05) is 18.1 Å². The van der Waals surface area contributed by atoms with Gasteiger partial charge >= 0.3 is 0 Å². The van der Waals surface area contributed by atoms with Gasteiger partial charge in [-0.25, -0.2) is 0 Å². The Morgan fingerprint density at radius 3 is 2.54 bits per heavy atom. The molecular weight excluding hydrogens is 354 g/mol. The van der Waals surface area contributed by atoms with Crippen LogP contribution in [-0.4, -0.2) is 33.9 Å². The van der Waals surface area contributed by atoms with Crippen molar-refractivity contribution in [1.82, 2.24) is 9.78 Å². The summed E-state index contributed by atoms with van der Waals surface area (Å²) < 4.78 is 7.30. The summed E-state index contributed by atoms with van der Waals surface area (Å²) in [4.78, 5) is 13.7. The predicted octanol–water partition coefficient (Wildman–Crippen LogP) is 3.99. The van der Waals surface area contributed by atoms with E-state index in [0.717, 1.165) is 41.2 Å². The summed E-state index contributed by atoms with van der Waals surface area (Å²) in [5, 5.41) is 14.6. The van der Waals surface area contributed by atoms with Crippen molar-refractivity contribution < 1.29 is 14.6 Å². The van der Waals surface area contributed by atoms with Gasteiger partial charge in [-0.15, -0.1) is 0 Å². The van der Waals surface area contributed by atoms with Gasteiger partial charge in [0, 0.05) is 36.8 Å². The second-order valence-electron chi connectivity index (χ2n) is 6.85. The maximum atomic E-state index is 11.9. The SMILES string of the molecule is CCOc1cc(-c2cc(-c3ccc(N4CCCC4=O)cc3)nn2C)ccc1O. The van der Waals surface area contributed by atoms with Crippen LogP contribution in [0.15, 0.2) is 48.5 Å². The second kappa shape index (κ2) is 7.38. The van der Waals surface area contributed by atoms with Gasteiger partial charge in [0.25, 0.3) is 0 Å². The van der Waals surface area contributed by atoms with Crippen LogP contribution in [0.25, 0.3) is 22.5 Å². The van der Waals surface area contributed by atoms with E-state index in [1.54, 1.807) is 6.07 Å². The van der Waals surface area contributed by atoms with E-state index in [4.69, 9.17) is 4.74 Å². The zero-order chi connectivity index (χ0) is 19.7. The lowest BCUT2D eigenvalue weighted by Crippen LogP contribution is -2.23. The number of ether oxygens (including phenoxy) is 1. The van der Waals surface area contributed by atoms with Crippen molar-refractivity contribution in [3.8, 4) is 34.0 Å². The van der Waals surface area contributed by atoms with Crippen molar-refractivity contribution in [1.29, 1.82) is 0 Å². The van der Waals surface area contributed by atoms with Gasteiger partial charge in [-0.2, -0.15) is 5.10 Å². The number of aromatic hydroxyl groups is 1. The molecule has 0 bridgehead atoms. The molecule has 1 N–H and O–H groups in total. The molecule has 144 valence electrons. The molecule has 1 saturated heterocycles. The Bertz CT molecular complexity index is 1010. The number of phenolic OH excluding ortho intramolecular Hbond substituents is 1. The Labute approximate surface area is 164 Å². The first-order valence-electron chi connectivity index (χ1n) is 9.48. The third-order valence-corrected chi connectivity index (χ3v) is 4.98. The number of carbonyl (C=O) groups is 1. The minimum atomic E-state index is 0.125. The average molecular weight is 377 g/mol. The fraction of sp³-hybridized carbons (Fsp3) is 0.273. The lowest BCUT2D eigenvalue weighted by molar-refractivity contribution is -0.117. The number of rotatable bonds is 5. The molecule has 0 aliphatic carbocycles. The zero-order valence-electron chi connectivity index (χ0n) is 16.1. The molecule has 0 unspecified atom stereocenters. The van der Waals surface area contributed by atoms with E-state index in [1.807, 2.05) is 66.0 Å². The molecule has 3 aromatic rings. The molecule has 4 rings (SSSR count). The van der Waals surface area contributed by atoms with Gasteiger partial charge in [-0.3, -0.25) is 9.48 Å². The van der Waals surface area contributed by atoms with E-state index in [9.17, 15) is 9.90 Å². The number of anilines is 1. The number of phenols is 1. The fourth-order valence-electron chi connectivity index (χ4n) is 3.56. The summed E-state index contributed by atoms with van der Waals surface area (Å²) in [6.07, 6.45) is 1.54. The molecule has 1 aliphatic rings. The average Bonchev–Trinajstić information content (AvgIpc) is 3.30. The minimum Gasteiger partial charge on any atom is -0.504 e. The second-order valence-corrected chi connectivity index (χ2v) is 6.85. The predicted molar refractivity (Wildman–Crippen MR) is 109 cm³/mol. The van der Waals surface area contributed by atoms with Crippen LogP contribution < -0.4 is 9.64 Å². The van der Waals surface area contributed by atoms with Crippen LogP contribution >= 0.6 is 0 Å². The highest BCUT2D eigenvalue weighted by Gasteiger charge is 2.21. The molecule has 6 nitrogen and oxygen atoms in total. The molecule has 1 amide bonds. The smallest absolute Gasteiger partial charge is 0.227 e. The highest BCUT2D eigenvalue weighted by atomic mass is 16.5. The molecule has 28 heavy (non-hydrogen) atoms. The molecule has 1 aliphatic heterocycles. The van der Waals surface area contributed by atoms with Crippen LogP contribution in [0.3, 0.4) is 0 Å². The van der Waals surface area contributed by atoms with E-state index in [-0.39, 0.29) is 11.7 Å². The van der Waals surface area contributed by atoms with E-state index in [0.29, 0.717) is 18.8 Å². The molecule has 0 radical (unpaired) electrons. The third kappa shape index (κ3) is 3.33. The van der Waals surface area contributed by atoms with Gasteiger partial charge < -0.3 is 14.7 Å². The monoisotopic (exact) mass is 377 g/mol. The molecule has 0 spiro atoms. The van der Waals surface area contributed by atoms with Gasteiger partial charge in [-0.1, -0.05) is 12.1 Å².